The van der Waals surface area contributed by atoms with Crippen LogP contribution in [0.3, 0.4) is 0 Å². The molecule has 0 aromatic heterocycles. The van der Waals surface area contributed by atoms with Crippen LogP contribution in [0.4, 0.5) is 22.0 Å². The van der Waals surface area contributed by atoms with Crippen LogP contribution in [0.1, 0.15) is 12.5 Å². The van der Waals surface area contributed by atoms with Crippen LogP contribution in [0.5, 0.6) is 0 Å². The molecule has 10 heteroatoms. The Morgan fingerprint density at radius 2 is 1.48 bits per heavy atom. The first kappa shape index (κ1) is 22.6. The first-order valence-electron chi connectivity index (χ1n) is 7.66. The summed E-state index contributed by atoms with van der Waals surface area (Å²) < 4.78 is 76.8. The Balaban J connectivity index is 3.17. The largest absolute Gasteiger partial charge is 0.465 e. The summed E-state index contributed by atoms with van der Waals surface area (Å²) in [4.78, 5) is 23.0. The van der Waals surface area contributed by atoms with Gasteiger partial charge in [0, 0.05) is 5.57 Å². The predicted octanol–water partition coefficient (Wildman–Crippen LogP) is 2.62. The van der Waals surface area contributed by atoms with Crippen molar-refractivity contribution in [3.05, 3.63) is 46.8 Å². The minimum Gasteiger partial charge on any atom is -0.465 e. The molecule has 1 atom stereocenters. The summed E-state index contributed by atoms with van der Waals surface area (Å²) >= 11 is 0. The van der Waals surface area contributed by atoms with Crippen molar-refractivity contribution in [2.75, 3.05) is 33.9 Å². The van der Waals surface area contributed by atoms with Crippen molar-refractivity contribution in [2.24, 2.45) is 0 Å². The maximum absolute atomic E-state index is 14.0. The second-order valence-corrected chi connectivity index (χ2v) is 6.20. The van der Waals surface area contributed by atoms with E-state index in [4.69, 9.17) is 4.74 Å². The SMILES string of the molecule is C=C(C)C(=O)OCC[N+](C)(CC(=O)OC)Cc1c(F)c(F)c(F)c(F)c1F. The van der Waals surface area contributed by atoms with Crippen molar-refractivity contribution in [3.8, 4) is 0 Å². The predicted molar refractivity (Wildman–Crippen MR) is 83.6 cm³/mol. The number of likely N-dealkylation sites (N-methyl/N-ethyl adjacent to an activating group) is 1. The van der Waals surface area contributed by atoms with Gasteiger partial charge >= 0.3 is 11.9 Å². The molecule has 0 bridgehead atoms. The van der Waals surface area contributed by atoms with E-state index in [-0.39, 0.29) is 18.7 Å². The smallest absolute Gasteiger partial charge is 0.361 e. The zero-order chi connectivity index (χ0) is 20.9. The standard InChI is InChI=1S/C17H19F5NO4/c1-9(2)17(25)27-6-5-23(3,8-11(24)26-4)7-10-12(18)14(20)16(22)15(21)13(10)19/h1,5-8H2,2-4H3/q+1. The lowest BCUT2D eigenvalue weighted by atomic mass is 10.1. The van der Waals surface area contributed by atoms with Gasteiger partial charge in [0.2, 0.25) is 5.82 Å². The van der Waals surface area contributed by atoms with Crippen LogP contribution in [0.25, 0.3) is 0 Å². The van der Waals surface area contributed by atoms with Crippen LogP contribution in [0.2, 0.25) is 0 Å². The Morgan fingerprint density at radius 1 is 1.00 bits per heavy atom. The van der Waals surface area contributed by atoms with Gasteiger partial charge in [-0.1, -0.05) is 6.58 Å². The first-order chi connectivity index (χ1) is 12.4. The number of methoxy groups -OCH3 is 1. The van der Waals surface area contributed by atoms with E-state index in [1.54, 1.807) is 0 Å². The quantitative estimate of drug-likeness (QED) is 0.169. The van der Waals surface area contributed by atoms with Crippen LogP contribution >= 0.6 is 0 Å². The van der Waals surface area contributed by atoms with Gasteiger partial charge in [-0.2, -0.15) is 0 Å². The zero-order valence-corrected chi connectivity index (χ0v) is 15.0. The topological polar surface area (TPSA) is 52.6 Å². The zero-order valence-electron chi connectivity index (χ0n) is 15.0. The number of hydrogen-bond acceptors (Lipinski definition) is 4. The lowest BCUT2D eigenvalue weighted by Gasteiger charge is -2.33. The Kier molecular flexibility index (Phi) is 7.46. The first-order valence-corrected chi connectivity index (χ1v) is 7.66. The third-order valence-corrected chi connectivity index (χ3v) is 3.79. The van der Waals surface area contributed by atoms with Crippen LogP contribution < -0.4 is 0 Å². The summed E-state index contributed by atoms with van der Waals surface area (Å²) in [5.41, 5.74) is -0.971. The average molecular weight is 396 g/mol. The maximum Gasteiger partial charge on any atom is 0.361 e. The van der Waals surface area contributed by atoms with Crippen molar-refractivity contribution < 1.29 is 45.5 Å². The van der Waals surface area contributed by atoms with E-state index in [1.165, 1.54) is 14.0 Å². The maximum atomic E-state index is 14.0. The molecule has 0 saturated carbocycles. The molecule has 0 spiro atoms. The van der Waals surface area contributed by atoms with E-state index in [0.717, 1.165) is 7.11 Å². The number of esters is 2. The summed E-state index contributed by atoms with van der Waals surface area (Å²) in [5, 5.41) is 0. The van der Waals surface area contributed by atoms with E-state index < -0.39 is 64.2 Å². The molecule has 150 valence electrons. The third kappa shape index (κ3) is 5.49. The normalized spacial score (nSPS) is 13.0. The van der Waals surface area contributed by atoms with Crippen LogP contribution in [0, 0.1) is 29.1 Å². The molecule has 0 saturated heterocycles. The highest BCUT2D eigenvalue weighted by atomic mass is 19.2. The van der Waals surface area contributed by atoms with Crippen molar-refractivity contribution in [1.82, 2.24) is 0 Å². The second kappa shape index (κ2) is 8.94. The van der Waals surface area contributed by atoms with Gasteiger partial charge < -0.3 is 14.0 Å². The molecule has 0 aliphatic heterocycles. The summed E-state index contributed by atoms with van der Waals surface area (Å²) in [6.07, 6.45) is 0. The van der Waals surface area contributed by atoms with E-state index in [1.807, 2.05) is 0 Å². The number of ether oxygens (including phenoxy) is 2. The fourth-order valence-electron chi connectivity index (χ4n) is 2.24. The van der Waals surface area contributed by atoms with Crippen molar-refractivity contribution in [3.63, 3.8) is 0 Å². The molecule has 1 aromatic rings. The molecule has 1 rings (SSSR count). The van der Waals surface area contributed by atoms with Gasteiger partial charge in [0.05, 0.1) is 19.7 Å². The summed E-state index contributed by atoms with van der Waals surface area (Å²) in [6.45, 7) is 3.15. The molecule has 0 radical (unpaired) electrons. The van der Waals surface area contributed by atoms with Crippen LogP contribution in [0.15, 0.2) is 12.2 Å². The molecule has 27 heavy (non-hydrogen) atoms. The molecule has 0 amide bonds. The van der Waals surface area contributed by atoms with E-state index >= 15 is 0 Å². The molecule has 1 unspecified atom stereocenters. The number of halogens is 5. The van der Waals surface area contributed by atoms with E-state index in [0.29, 0.717) is 0 Å². The molecule has 0 aliphatic carbocycles. The van der Waals surface area contributed by atoms with E-state index in [2.05, 4.69) is 11.3 Å². The van der Waals surface area contributed by atoms with Gasteiger partial charge in [0.1, 0.15) is 19.7 Å². The molecule has 5 nitrogen and oxygen atoms in total. The minimum absolute atomic E-state index is 0.108. The monoisotopic (exact) mass is 396 g/mol. The Bertz CT molecular complexity index is 739. The Hall–Kier alpha value is -2.49. The second-order valence-electron chi connectivity index (χ2n) is 6.20. The lowest BCUT2D eigenvalue weighted by molar-refractivity contribution is -0.916. The number of rotatable bonds is 8. The van der Waals surface area contributed by atoms with Gasteiger partial charge in [-0.25, -0.2) is 31.5 Å². The number of hydrogen-bond donors (Lipinski definition) is 0. The van der Waals surface area contributed by atoms with Gasteiger partial charge in [0.25, 0.3) is 0 Å². The lowest BCUT2D eigenvalue weighted by Crippen LogP contribution is -2.50. The molecule has 1 aromatic carbocycles. The highest BCUT2D eigenvalue weighted by molar-refractivity contribution is 5.86. The highest BCUT2D eigenvalue weighted by Gasteiger charge is 2.34. The molecule has 0 fully saturated rings. The average Bonchev–Trinajstić information content (AvgIpc) is 2.61. The number of carbonyl (C=O) groups excluding carboxylic acids is 2. The summed E-state index contributed by atoms with van der Waals surface area (Å²) in [7, 11) is 2.40. The number of benzene rings is 1. The minimum atomic E-state index is -2.27. The number of carbonyl (C=O) groups is 2. The molecular weight excluding hydrogens is 377 g/mol. The molecule has 0 heterocycles. The molecular formula is C17H19F5NO4+. The number of nitrogens with zero attached hydrogens (tertiary/aromatic N) is 1. The van der Waals surface area contributed by atoms with Gasteiger partial charge in [0.15, 0.2) is 29.8 Å². The van der Waals surface area contributed by atoms with Crippen molar-refractivity contribution >= 4 is 11.9 Å². The highest BCUT2D eigenvalue weighted by Crippen LogP contribution is 2.26. The Labute approximate surface area is 152 Å². The number of quaternary nitrogens is 1. The third-order valence-electron chi connectivity index (χ3n) is 3.79. The molecule has 0 N–H and O–H groups in total. The summed E-state index contributed by atoms with van der Waals surface area (Å²) in [6, 6.07) is 0. The van der Waals surface area contributed by atoms with Crippen LogP contribution in [-0.2, 0) is 25.6 Å². The van der Waals surface area contributed by atoms with Crippen molar-refractivity contribution in [1.29, 1.82) is 0 Å². The molecule has 0 aliphatic rings. The van der Waals surface area contributed by atoms with Crippen LogP contribution in [-0.4, -0.2) is 50.3 Å². The summed E-state index contributed by atoms with van der Waals surface area (Å²) in [5.74, 6) is -11.9. The van der Waals surface area contributed by atoms with E-state index in [9.17, 15) is 31.5 Å². The van der Waals surface area contributed by atoms with Gasteiger partial charge in [-0.15, -0.1) is 0 Å². The fraction of sp³-hybridized carbons (Fsp3) is 0.412. The van der Waals surface area contributed by atoms with Gasteiger partial charge in [-0.3, -0.25) is 0 Å². The Morgan fingerprint density at radius 3 is 1.93 bits per heavy atom. The fourth-order valence-corrected chi connectivity index (χ4v) is 2.24. The van der Waals surface area contributed by atoms with Gasteiger partial charge in [-0.05, 0) is 6.92 Å². The van der Waals surface area contributed by atoms with Crippen molar-refractivity contribution in [2.45, 2.75) is 13.5 Å².